The van der Waals surface area contributed by atoms with Crippen LogP contribution in [0.2, 0.25) is 5.02 Å². The summed E-state index contributed by atoms with van der Waals surface area (Å²) in [6.45, 7) is 8.11. The van der Waals surface area contributed by atoms with Crippen LogP contribution in [0.5, 0.6) is 0 Å². The molecular formula is C15H23ClFN3. The summed E-state index contributed by atoms with van der Waals surface area (Å²) in [5.74, 6) is 0.0926. The molecule has 0 amide bonds. The Morgan fingerprint density at radius 1 is 1.45 bits per heavy atom. The Balaban J connectivity index is 2.14. The SMILES string of the molecule is CC(C)(C)NCC1CCCCN1c1ncc(Cl)cc1F. The summed E-state index contributed by atoms with van der Waals surface area (Å²) in [5, 5.41) is 3.84. The molecule has 5 heteroatoms. The molecule has 0 aromatic carbocycles. The minimum absolute atomic E-state index is 0.0646. The zero-order chi connectivity index (χ0) is 14.8. The van der Waals surface area contributed by atoms with E-state index < -0.39 is 0 Å². The van der Waals surface area contributed by atoms with E-state index in [-0.39, 0.29) is 17.4 Å². The lowest BCUT2D eigenvalue weighted by atomic mass is 10.0. The molecule has 1 aliphatic heterocycles. The summed E-state index contributed by atoms with van der Waals surface area (Å²) in [6.07, 6.45) is 4.84. The van der Waals surface area contributed by atoms with E-state index in [0.29, 0.717) is 10.8 Å². The van der Waals surface area contributed by atoms with Crippen LogP contribution in [0.1, 0.15) is 40.0 Å². The third-order valence-corrected chi connectivity index (χ3v) is 3.76. The number of halogens is 2. The molecule has 1 N–H and O–H groups in total. The summed E-state index contributed by atoms with van der Waals surface area (Å²) >= 11 is 5.78. The van der Waals surface area contributed by atoms with Crippen LogP contribution in [-0.4, -0.2) is 29.7 Å². The standard InChI is InChI=1S/C15H23ClFN3/c1-15(2,3)19-10-12-6-4-5-7-20(12)14-13(17)8-11(16)9-18-14/h8-9,12,19H,4-7,10H2,1-3H3. The topological polar surface area (TPSA) is 28.2 Å². The first-order valence-electron chi connectivity index (χ1n) is 7.19. The molecule has 0 aliphatic carbocycles. The molecule has 2 rings (SSSR count). The van der Waals surface area contributed by atoms with Crippen molar-refractivity contribution >= 4 is 17.4 Å². The second-order valence-corrected chi connectivity index (χ2v) is 6.87. The highest BCUT2D eigenvalue weighted by atomic mass is 35.5. The Kier molecular flexibility index (Phi) is 4.86. The molecule has 1 atom stereocenters. The fraction of sp³-hybridized carbons (Fsp3) is 0.667. The molecule has 0 saturated carbocycles. The first kappa shape index (κ1) is 15.5. The van der Waals surface area contributed by atoms with Crippen LogP contribution in [0.15, 0.2) is 12.3 Å². The van der Waals surface area contributed by atoms with Crippen LogP contribution in [0.4, 0.5) is 10.2 Å². The van der Waals surface area contributed by atoms with Crippen LogP contribution in [-0.2, 0) is 0 Å². The number of piperidine rings is 1. The number of rotatable bonds is 3. The van der Waals surface area contributed by atoms with Crippen molar-refractivity contribution in [2.75, 3.05) is 18.0 Å². The fourth-order valence-corrected chi connectivity index (χ4v) is 2.68. The van der Waals surface area contributed by atoms with Crippen molar-refractivity contribution in [3.05, 3.63) is 23.1 Å². The zero-order valence-electron chi connectivity index (χ0n) is 12.4. The number of hydrogen-bond acceptors (Lipinski definition) is 3. The number of pyridine rings is 1. The Morgan fingerprint density at radius 2 is 2.20 bits per heavy atom. The van der Waals surface area contributed by atoms with Crippen LogP contribution in [0.3, 0.4) is 0 Å². The molecule has 0 spiro atoms. The normalized spacial score (nSPS) is 20.2. The van der Waals surface area contributed by atoms with E-state index in [1.165, 1.54) is 18.7 Å². The van der Waals surface area contributed by atoms with E-state index in [4.69, 9.17) is 11.6 Å². The summed E-state index contributed by atoms with van der Waals surface area (Å²) < 4.78 is 14.1. The van der Waals surface area contributed by atoms with Crippen molar-refractivity contribution in [2.24, 2.45) is 0 Å². The second-order valence-electron chi connectivity index (χ2n) is 6.43. The third kappa shape index (κ3) is 4.06. The van der Waals surface area contributed by atoms with Gasteiger partial charge in [-0.1, -0.05) is 11.6 Å². The van der Waals surface area contributed by atoms with Crippen molar-refractivity contribution < 1.29 is 4.39 Å². The summed E-state index contributed by atoms with van der Waals surface area (Å²) in [6, 6.07) is 1.62. The lowest BCUT2D eigenvalue weighted by Crippen LogP contribution is -2.50. The maximum Gasteiger partial charge on any atom is 0.167 e. The molecular weight excluding hydrogens is 277 g/mol. The maximum absolute atomic E-state index is 14.1. The summed E-state index contributed by atoms with van der Waals surface area (Å²) in [5.41, 5.74) is 0.0646. The molecule has 1 saturated heterocycles. The van der Waals surface area contributed by atoms with E-state index >= 15 is 0 Å². The van der Waals surface area contributed by atoms with Gasteiger partial charge in [0.25, 0.3) is 0 Å². The second kappa shape index (κ2) is 6.27. The minimum Gasteiger partial charge on any atom is -0.350 e. The van der Waals surface area contributed by atoms with Gasteiger partial charge in [0.1, 0.15) is 0 Å². The van der Waals surface area contributed by atoms with E-state index in [0.717, 1.165) is 25.9 Å². The van der Waals surface area contributed by atoms with Gasteiger partial charge in [-0.25, -0.2) is 9.37 Å². The van der Waals surface area contributed by atoms with Gasteiger partial charge in [0.05, 0.1) is 5.02 Å². The maximum atomic E-state index is 14.1. The van der Waals surface area contributed by atoms with E-state index in [1.54, 1.807) is 0 Å². The van der Waals surface area contributed by atoms with Crippen molar-refractivity contribution in [3.8, 4) is 0 Å². The lowest BCUT2D eigenvalue weighted by molar-refractivity contribution is 0.363. The lowest BCUT2D eigenvalue weighted by Gasteiger charge is -2.38. The Labute approximate surface area is 125 Å². The molecule has 1 aromatic rings. The number of aromatic nitrogens is 1. The molecule has 3 nitrogen and oxygen atoms in total. The predicted octanol–water partition coefficient (Wildman–Crippen LogP) is 3.62. The minimum atomic E-state index is -0.333. The first-order valence-corrected chi connectivity index (χ1v) is 7.57. The number of anilines is 1. The van der Waals surface area contributed by atoms with Crippen molar-refractivity contribution in [2.45, 2.75) is 51.6 Å². The molecule has 20 heavy (non-hydrogen) atoms. The third-order valence-electron chi connectivity index (χ3n) is 3.56. The van der Waals surface area contributed by atoms with Gasteiger partial charge in [0.2, 0.25) is 0 Å². The fourth-order valence-electron chi connectivity index (χ4n) is 2.53. The highest BCUT2D eigenvalue weighted by Gasteiger charge is 2.26. The number of nitrogens with one attached hydrogen (secondary N) is 1. The summed E-state index contributed by atoms with van der Waals surface area (Å²) in [7, 11) is 0. The van der Waals surface area contributed by atoms with Gasteiger partial charge in [-0.15, -0.1) is 0 Å². The molecule has 2 heterocycles. The Morgan fingerprint density at radius 3 is 2.85 bits per heavy atom. The van der Waals surface area contributed by atoms with Crippen LogP contribution in [0.25, 0.3) is 0 Å². The highest BCUT2D eigenvalue weighted by Crippen LogP contribution is 2.26. The average molecular weight is 300 g/mol. The molecule has 112 valence electrons. The van der Waals surface area contributed by atoms with Crippen molar-refractivity contribution in [1.29, 1.82) is 0 Å². The highest BCUT2D eigenvalue weighted by molar-refractivity contribution is 6.30. The van der Waals surface area contributed by atoms with Gasteiger partial charge < -0.3 is 10.2 Å². The van der Waals surface area contributed by atoms with Crippen LogP contribution < -0.4 is 10.2 Å². The Bertz CT molecular complexity index is 459. The van der Waals surface area contributed by atoms with Gasteiger partial charge >= 0.3 is 0 Å². The van der Waals surface area contributed by atoms with Crippen molar-refractivity contribution in [1.82, 2.24) is 10.3 Å². The van der Waals surface area contributed by atoms with E-state index in [9.17, 15) is 4.39 Å². The largest absolute Gasteiger partial charge is 0.350 e. The molecule has 1 unspecified atom stereocenters. The predicted molar refractivity (Wildman–Crippen MR) is 81.9 cm³/mol. The van der Waals surface area contributed by atoms with E-state index in [2.05, 4.69) is 36.0 Å². The molecule has 0 bridgehead atoms. The zero-order valence-corrected chi connectivity index (χ0v) is 13.2. The summed E-state index contributed by atoms with van der Waals surface area (Å²) in [4.78, 5) is 6.26. The number of hydrogen-bond donors (Lipinski definition) is 1. The van der Waals surface area contributed by atoms with Gasteiger partial charge in [0.15, 0.2) is 11.6 Å². The molecule has 1 aliphatic rings. The average Bonchev–Trinajstić information content (AvgIpc) is 2.36. The molecule has 1 aromatic heterocycles. The smallest absolute Gasteiger partial charge is 0.167 e. The molecule has 0 radical (unpaired) electrons. The Hall–Kier alpha value is -0.870. The first-order chi connectivity index (χ1) is 9.37. The molecule has 1 fully saturated rings. The van der Waals surface area contributed by atoms with Gasteiger partial charge in [-0.05, 0) is 46.1 Å². The van der Waals surface area contributed by atoms with Crippen LogP contribution in [0, 0.1) is 5.82 Å². The number of nitrogens with zero attached hydrogens (tertiary/aromatic N) is 2. The van der Waals surface area contributed by atoms with Crippen LogP contribution >= 0.6 is 11.6 Å². The van der Waals surface area contributed by atoms with E-state index in [1.807, 2.05) is 0 Å². The quantitative estimate of drug-likeness (QED) is 0.924. The van der Waals surface area contributed by atoms with Gasteiger partial charge in [-0.3, -0.25) is 0 Å². The monoisotopic (exact) mass is 299 g/mol. The van der Waals surface area contributed by atoms with Gasteiger partial charge in [-0.2, -0.15) is 0 Å². The van der Waals surface area contributed by atoms with Crippen molar-refractivity contribution in [3.63, 3.8) is 0 Å². The van der Waals surface area contributed by atoms with Gasteiger partial charge in [0, 0.05) is 30.9 Å².